The molecular weight excluding hydrogens is 436 g/mol. The van der Waals surface area contributed by atoms with E-state index in [1.54, 1.807) is 13.8 Å². The fourth-order valence-electron chi connectivity index (χ4n) is 2.59. The summed E-state index contributed by atoms with van der Waals surface area (Å²) in [5.74, 6) is -3.39. The number of alkyl halides is 6. The maximum absolute atomic E-state index is 12.9. The van der Waals surface area contributed by atoms with Crippen molar-refractivity contribution in [2.24, 2.45) is 0 Å². The number of carboxylic acids is 1. The molecule has 0 aromatic carbocycles. The van der Waals surface area contributed by atoms with Gasteiger partial charge in [0.15, 0.2) is 0 Å². The van der Waals surface area contributed by atoms with Crippen LogP contribution in [0.5, 0.6) is 5.88 Å². The minimum absolute atomic E-state index is 0.114. The number of amides is 1. The van der Waals surface area contributed by atoms with Crippen LogP contribution < -0.4 is 15.4 Å². The second-order valence-electron chi connectivity index (χ2n) is 7.37. The third-order valence-electron chi connectivity index (χ3n) is 3.96. The molecule has 1 aromatic rings. The number of nitrogens with zero attached hydrogens (tertiary/aromatic N) is 1. The smallest absolute Gasteiger partial charge is 0.475 e. The number of nitrogens with one attached hydrogen (secondary N) is 2. The predicted octanol–water partition coefficient (Wildman–Crippen LogP) is 3.15. The lowest BCUT2D eigenvalue weighted by molar-refractivity contribution is -0.192. The number of carboxylic acid groups (broad SMARTS) is 1. The highest BCUT2D eigenvalue weighted by Crippen LogP contribution is 2.34. The van der Waals surface area contributed by atoms with Crippen molar-refractivity contribution in [1.29, 1.82) is 0 Å². The summed E-state index contributed by atoms with van der Waals surface area (Å²) in [6, 6.07) is 2.28. The topological polar surface area (TPSA) is 101 Å². The molecule has 1 unspecified atom stereocenters. The summed E-state index contributed by atoms with van der Waals surface area (Å²) in [5, 5.41) is 13.2. The van der Waals surface area contributed by atoms with Crippen molar-refractivity contribution < 1.29 is 45.8 Å². The first kappa shape index (κ1) is 26.5. The molecule has 7 nitrogen and oxygen atoms in total. The zero-order valence-electron chi connectivity index (χ0n) is 16.7. The van der Waals surface area contributed by atoms with Gasteiger partial charge >= 0.3 is 18.3 Å². The minimum Gasteiger partial charge on any atom is -0.475 e. The highest BCUT2D eigenvalue weighted by molar-refractivity contribution is 5.77. The molecule has 176 valence electrons. The number of carbonyl (C=O) groups is 2. The van der Waals surface area contributed by atoms with E-state index >= 15 is 0 Å². The van der Waals surface area contributed by atoms with Gasteiger partial charge in [-0.3, -0.25) is 4.79 Å². The molecule has 2 rings (SSSR count). The molecule has 0 bridgehead atoms. The molecule has 3 N–H and O–H groups in total. The maximum atomic E-state index is 12.9. The molecule has 0 radical (unpaired) electrons. The number of ether oxygens (including phenoxy) is 1. The Bertz CT molecular complexity index is 747. The molecule has 0 saturated carbocycles. The van der Waals surface area contributed by atoms with Crippen LogP contribution in [0.2, 0.25) is 0 Å². The number of aliphatic carboxylic acids is 1. The summed E-state index contributed by atoms with van der Waals surface area (Å²) in [6.45, 7) is 4.19. The average Bonchev–Trinajstić information content (AvgIpc) is 3.11. The van der Waals surface area contributed by atoms with Crippen molar-refractivity contribution in [1.82, 2.24) is 15.6 Å². The molecule has 1 aromatic heterocycles. The van der Waals surface area contributed by atoms with E-state index in [9.17, 15) is 31.1 Å². The quantitative estimate of drug-likeness (QED) is 0.566. The molecule has 31 heavy (non-hydrogen) atoms. The van der Waals surface area contributed by atoms with Crippen molar-refractivity contribution in [3.8, 4) is 5.88 Å². The van der Waals surface area contributed by atoms with Crippen LogP contribution in [0.25, 0.3) is 0 Å². The van der Waals surface area contributed by atoms with Crippen molar-refractivity contribution in [3.05, 3.63) is 23.9 Å². The summed E-state index contributed by atoms with van der Waals surface area (Å²) in [4.78, 5) is 24.6. The van der Waals surface area contributed by atoms with Crippen LogP contribution in [0.4, 0.5) is 26.3 Å². The number of pyridine rings is 1. The second-order valence-corrected chi connectivity index (χ2v) is 7.37. The van der Waals surface area contributed by atoms with Gasteiger partial charge in [0.2, 0.25) is 11.8 Å². The van der Waals surface area contributed by atoms with Gasteiger partial charge in [-0.15, -0.1) is 0 Å². The van der Waals surface area contributed by atoms with Gasteiger partial charge in [-0.1, -0.05) is 0 Å². The van der Waals surface area contributed by atoms with E-state index in [2.05, 4.69) is 15.6 Å². The van der Waals surface area contributed by atoms with Gasteiger partial charge in [-0.2, -0.15) is 26.3 Å². The minimum atomic E-state index is -5.08. The number of rotatable bonds is 6. The van der Waals surface area contributed by atoms with Gasteiger partial charge in [-0.25, -0.2) is 9.78 Å². The van der Waals surface area contributed by atoms with E-state index in [-0.39, 0.29) is 18.6 Å². The molecule has 1 amide bonds. The van der Waals surface area contributed by atoms with Gasteiger partial charge in [0.05, 0.1) is 5.54 Å². The first-order valence-electron chi connectivity index (χ1n) is 9.11. The SMILES string of the molecule is CC(C)(COc1ncccc1C(F)(F)F)NC(=O)CC1CCCN1.O=C(O)C(F)(F)F. The fourth-order valence-corrected chi connectivity index (χ4v) is 2.59. The third kappa shape index (κ3) is 9.85. The van der Waals surface area contributed by atoms with E-state index in [0.717, 1.165) is 25.5 Å². The van der Waals surface area contributed by atoms with Crippen LogP contribution in [0.3, 0.4) is 0 Å². The van der Waals surface area contributed by atoms with Crippen LogP contribution >= 0.6 is 0 Å². The molecule has 1 fully saturated rings. The zero-order chi connectivity index (χ0) is 23.9. The lowest BCUT2D eigenvalue weighted by Crippen LogP contribution is -2.49. The monoisotopic (exact) mass is 459 g/mol. The fraction of sp³-hybridized carbons (Fsp3) is 0.611. The van der Waals surface area contributed by atoms with E-state index in [4.69, 9.17) is 14.6 Å². The maximum Gasteiger partial charge on any atom is 0.490 e. The van der Waals surface area contributed by atoms with Crippen molar-refractivity contribution >= 4 is 11.9 Å². The molecule has 1 aliphatic heterocycles. The Labute approximate surface area is 174 Å². The average molecular weight is 459 g/mol. The summed E-state index contributed by atoms with van der Waals surface area (Å²) in [7, 11) is 0. The van der Waals surface area contributed by atoms with Crippen LogP contribution in [-0.2, 0) is 15.8 Å². The van der Waals surface area contributed by atoms with Crippen LogP contribution in [0.1, 0.15) is 38.7 Å². The summed E-state index contributed by atoms with van der Waals surface area (Å²) < 4.78 is 75.7. The number of hydrogen-bond donors (Lipinski definition) is 3. The largest absolute Gasteiger partial charge is 0.490 e. The third-order valence-corrected chi connectivity index (χ3v) is 3.96. The van der Waals surface area contributed by atoms with Gasteiger partial charge in [0.1, 0.15) is 12.2 Å². The molecule has 1 atom stereocenters. The highest BCUT2D eigenvalue weighted by Gasteiger charge is 2.38. The van der Waals surface area contributed by atoms with Crippen molar-refractivity contribution in [2.75, 3.05) is 13.2 Å². The highest BCUT2D eigenvalue weighted by atomic mass is 19.4. The molecule has 0 spiro atoms. The molecular formula is C18H23F6N3O4. The van der Waals surface area contributed by atoms with E-state index < -0.39 is 35.3 Å². The van der Waals surface area contributed by atoms with Gasteiger partial charge in [0.25, 0.3) is 0 Å². The Hall–Kier alpha value is -2.57. The van der Waals surface area contributed by atoms with Gasteiger partial charge in [0, 0.05) is 18.7 Å². The molecule has 13 heteroatoms. The number of aromatic nitrogens is 1. The van der Waals surface area contributed by atoms with Crippen LogP contribution in [-0.4, -0.2) is 52.9 Å². The molecule has 0 aliphatic carbocycles. The Morgan fingerprint density at radius 3 is 2.35 bits per heavy atom. The number of hydrogen-bond acceptors (Lipinski definition) is 5. The van der Waals surface area contributed by atoms with Crippen LogP contribution in [0.15, 0.2) is 18.3 Å². The van der Waals surface area contributed by atoms with Crippen LogP contribution in [0, 0.1) is 0 Å². The Balaban J connectivity index is 0.000000592. The normalized spacial score (nSPS) is 16.8. The summed E-state index contributed by atoms with van der Waals surface area (Å²) in [5.41, 5.74) is -1.74. The lowest BCUT2D eigenvalue weighted by Gasteiger charge is -2.27. The molecule has 1 aliphatic rings. The number of halogens is 6. The number of carbonyl (C=O) groups excluding carboxylic acids is 1. The standard InChI is InChI=1S/C16H22F3N3O2.C2HF3O2/c1-15(2,22-13(23)9-11-5-3-7-20-11)10-24-14-12(16(17,18)19)6-4-8-21-14;3-2(4,5)1(6)7/h4,6,8,11,20H,3,5,7,9-10H2,1-2H3,(H,22,23);(H,6,7). The van der Waals surface area contributed by atoms with Gasteiger partial charge in [-0.05, 0) is 45.4 Å². The zero-order valence-corrected chi connectivity index (χ0v) is 16.7. The second kappa shape index (κ2) is 10.6. The Morgan fingerprint density at radius 1 is 1.26 bits per heavy atom. The van der Waals surface area contributed by atoms with Crippen molar-refractivity contribution in [2.45, 2.75) is 57.0 Å². The van der Waals surface area contributed by atoms with Crippen molar-refractivity contribution in [3.63, 3.8) is 0 Å². The first-order valence-corrected chi connectivity index (χ1v) is 9.11. The Morgan fingerprint density at radius 2 is 1.87 bits per heavy atom. The van der Waals surface area contributed by atoms with Gasteiger partial charge < -0.3 is 20.5 Å². The Kier molecular flexibility index (Phi) is 9.09. The summed E-state index contributed by atoms with van der Waals surface area (Å²) >= 11 is 0. The molecule has 1 saturated heterocycles. The summed E-state index contributed by atoms with van der Waals surface area (Å²) in [6.07, 6.45) is -6.04. The van der Waals surface area contributed by atoms with E-state index in [1.807, 2.05) is 0 Å². The van der Waals surface area contributed by atoms with E-state index in [0.29, 0.717) is 6.42 Å². The molecule has 2 heterocycles. The predicted molar refractivity (Wildman–Crippen MR) is 96.3 cm³/mol. The first-order chi connectivity index (χ1) is 14.1. The lowest BCUT2D eigenvalue weighted by atomic mass is 10.1. The van der Waals surface area contributed by atoms with E-state index in [1.165, 1.54) is 12.3 Å².